The highest BCUT2D eigenvalue weighted by Crippen LogP contribution is 2.41. The van der Waals surface area contributed by atoms with Gasteiger partial charge in [0.05, 0.1) is 36.2 Å². The fourth-order valence-corrected chi connectivity index (χ4v) is 7.03. The van der Waals surface area contributed by atoms with Crippen molar-refractivity contribution >= 4 is 45.2 Å². The Morgan fingerprint density at radius 2 is 1.79 bits per heavy atom. The largest absolute Gasteiger partial charge is 0.496 e. The molecular weight excluding hydrogens is 550 g/mol. The Kier molecular flexibility index (Phi) is 7.28. The summed E-state index contributed by atoms with van der Waals surface area (Å²) in [6, 6.07) is 18.3. The van der Waals surface area contributed by atoms with E-state index in [0.29, 0.717) is 38.5 Å². The number of allylic oxidation sites excluding steroid dienone is 1. The number of aromatic nitrogens is 1. The molecule has 42 heavy (non-hydrogen) atoms. The number of hydrogen-bond acceptors (Lipinski definition) is 7. The van der Waals surface area contributed by atoms with E-state index in [9.17, 15) is 14.4 Å². The summed E-state index contributed by atoms with van der Waals surface area (Å²) >= 11 is 1.17. The Bertz CT molecular complexity index is 1970. The number of carbonyl (C=O) groups excluding carboxylic acids is 2. The predicted octanol–water partition coefficient (Wildman–Crippen LogP) is 4.48. The van der Waals surface area contributed by atoms with Crippen LogP contribution in [0.1, 0.15) is 50.8 Å². The first kappa shape index (κ1) is 27.7. The third-order valence-electron chi connectivity index (χ3n) is 7.80. The van der Waals surface area contributed by atoms with Gasteiger partial charge in [0.15, 0.2) is 4.80 Å². The van der Waals surface area contributed by atoms with Gasteiger partial charge in [0, 0.05) is 17.7 Å². The summed E-state index contributed by atoms with van der Waals surface area (Å²) in [5, 5.41) is 1.77. The number of nitrogens with zero attached hydrogens (tertiary/aromatic N) is 3. The number of carbonyl (C=O) groups is 2. The number of para-hydroxylation sites is 1. The molecule has 214 valence electrons. The molecule has 1 amide bonds. The van der Waals surface area contributed by atoms with E-state index in [1.807, 2.05) is 60.7 Å². The Morgan fingerprint density at radius 3 is 2.55 bits per heavy atom. The van der Waals surface area contributed by atoms with Gasteiger partial charge in [-0.15, -0.1) is 0 Å². The molecule has 0 bridgehead atoms. The number of unbranched alkanes of at least 4 members (excludes halogenated alkanes) is 1. The molecule has 0 saturated carbocycles. The molecule has 0 saturated heterocycles. The monoisotopic (exact) mass is 581 g/mol. The van der Waals surface area contributed by atoms with Gasteiger partial charge >= 0.3 is 5.97 Å². The van der Waals surface area contributed by atoms with Crippen LogP contribution < -0.4 is 24.5 Å². The molecule has 0 aliphatic carbocycles. The minimum atomic E-state index is -0.876. The van der Waals surface area contributed by atoms with E-state index >= 15 is 0 Å². The molecule has 1 atom stereocenters. The van der Waals surface area contributed by atoms with Gasteiger partial charge in [0.2, 0.25) is 0 Å². The molecule has 3 aromatic carbocycles. The molecule has 8 nitrogen and oxygen atoms in total. The average molecular weight is 582 g/mol. The van der Waals surface area contributed by atoms with Crippen LogP contribution in [0.2, 0.25) is 0 Å². The van der Waals surface area contributed by atoms with Crippen molar-refractivity contribution in [2.75, 3.05) is 25.2 Å². The number of hydrogen-bond donors (Lipinski definition) is 0. The molecule has 1 aromatic heterocycles. The SMILES string of the molecule is CCCCN1C(=O)/C(=c2/sc3n(c2=O)[C@H](c2c(OC)ccc4ccccc24)C(C(=O)OCC)=C(C)N=3)c2ccccc21. The zero-order valence-corrected chi connectivity index (χ0v) is 24.8. The highest BCUT2D eigenvalue weighted by Gasteiger charge is 2.38. The summed E-state index contributed by atoms with van der Waals surface area (Å²) in [4.78, 5) is 48.8. The lowest BCUT2D eigenvalue weighted by Crippen LogP contribution is -2.41. The van der Waals surface area contributed by atoms with Gasteiger partial charge in [0.1, 0.15) is 16.3 Å². The van der Waals surface area contributed by atoms with Gasteiger partial charge < -0.3 is 14.4 Å². The summed E-state index contributed by atoms with van der Waals surface area (Å²) in [5.74, 6) is -0.221. The molecule has 0 N–H and O–H groups in total. The first-order valence-corrected chi connectivity index (χ1v) is 14.9. The second-order valence-electron chi connectivity index (χ2n) is 10.2. The number of methoxy groups -OCH3 is 1. The second-order valence-corrected chi connectivity index (χ2v) is 11.2. The van der Waals surface area contributed by atoms with Gasteiger partial charge in [-0.3, -0.25) is 14.2 Å². The Labute approximate surface area is 246 Å². The van der Waals surface area contributed by atoms with E-state index in [4.69, 9.17) is 14.5 Å². The summed E-state index contributed by atoms with van der Waals surface area (Å²) in [6.07, 6.45) is 1.78. The predicted molar refractivity (Wildman–Crippen MR) is 164 cm³/mol. The fourth-order valence-electron chi connectivity index (χ4n) is 5.89. The molecular formula is C33H31N3O5S. The van der Waals surface area contributed by atoms with E-state index in [2.05, 4.69) is 6.92 Å². The number of anilines is 1. The quantitative estimate of drug-likeness (QED) is 0.301. The number of rotatable bonds is 7. The number of esters is 1. The van der Waals surface area contributed by atoms with Gasteiger partial charge in [-0.05, 0) is 43.2 Å². The molecule has 0 fully saturated rings. The molecule has 6 rings (SSSR count). The molecule has 2 aliphatic heterocycles. The topological polar surface area (TPSA) is 90.2 Å². The van der Waals surface area contributed by atoms with Gasteiger partial charge in [-0.1, -0.05) is 73.2 Å². The minimum absolute atomic E-state index is 0.169. The van der Waals surface area contributed by atoms with E-state index < -0.39 is 12.0 Å². The summed E-state index contributed by atoms with van der Waals surface area (Å²) in [6.45, 7) is 6.31. The smallest absolute Gasteiger partial charge is 0.338 e. The lowest BCUT2D eigenvalue weighted by molar-refractivity contribution is -0.139. The van der Waals surface area contributed by atoms with Crippen LogP contribution in [0.3, 0.4) is 0 Å². The molecule has 0 radical (unpaired) electrons. The molecule has 0 unspecified atom stereocenters. The van der Waals surface area contributed by atoms with E-state index in [-0.39, 0.29) is 23.6 Å². The summed E-state index contributed by atoms with van der Waals surface area (Å²) < 4.78 is 13.1. The van der Waals surface area contributed by atoms with E-state index in [1.165, 1.54) is 15.9 Å². The maximum absolute atomic E-state index is 14.5. The van der Waals surface area contributed by atoms with Crippen LogP contribution in [0.4, 0.5) is 5.69 Å². The normalized spacial score (nSPS) is 17.3. The summed E-state index contributed by atoms with van der Waals surface area (Å²) in [7, 11) is 1.57. The van der Waals surface area contributed by atoms with E-state index in [1.54, 1.807) is 25.9 Å². The number of ether oxygens (including phenoxy) is 2. The van der Waals surface area contributed by atoms with Crippen molar-refractivity contribution in [3.05, 3.63) is 103 Å². The second kappa shape index (κ2) is 11.1. The molecule has 0 spiro atoms. The van der Waals surface area contributed by atoms with Crippen LogP contribution in [0.5, 0.6) is 5.75 Å². The van der Waals surface area contributed by atoms with Crippen molar-refractivity contribution in [2.45, 2.75) is 39.7 Å². The van der Waals surface area contributed by atoms with Gasteiger partial charge in [-0.2, -0.15) is 0 Å². The fraction of sp³-hybridized carbons (Fsp3) is 0.273. The Morgan fingerprint density at radius 1 is 1.02 bits per heavy atom. The van der Waals surface area contributed by atoms with E-state index in [0.717, 1.165) is 34.9 Å². The standard InChI is InChI=1S/C33H31N3O5S/c1-5-7-18-35-23-15-11-10-14-22(23)27(30(35)37)29-31(38)36-28(25(32(39)41-6-2)19(3)34-33(36)42-29)26-21-13-9-8-12-20(21)16-17-24(26)40-4/h8-17,28H,5-7,18H2,1-4H3/b29-27+/t28-/m0/s1. The maximum Gasteiger partial charge on any atom is 0.338 e. The first-order valence-electron chi connectivity index (χ1n) is 14.1. The highest BCUT2D eigenvalue weighted by molar-refractivity contribution is 7.07. The number of fused-ring (bicyclic) bond motifs is 3. The summed E-state index contributed by atoms with van der Waals surface area (Å²) in [5.41, 5.74) is 2.88. The Balaban J connectivity index is 1.69. The average Bonchev–Trinajstić information content (AvgIpc) is 3.46. The van der Waals surface area contributed by atoms with Gasteiger partial charge in [0.25, 0.3) is 11.5 Å². The molecule has 2 aliphatic rings. The van der Waals surface area contributed by atoms with Crippen molar-refractivity contribution in [1.29, 1.82) is 0 Å². The maximum atomic E-state index is 14.5. The van der Waals surface area contributed by atoms with Crippen LogP contribution in [-0.4, -0.2) is 36.7 Å². The molecule has 9 heteroatoms. The number of thiazole rings is 1. The van der Waals surface area contributed by atoms with Crippen molar-refractivity contribution in [2.24, 2.45) is 4.99 Å². The zero-order valence-electron chi connectivity index (χ0n) is 24.0. The minimum Gasteiger partial charge on any atom is -0.496 e. The first-order chi connectivity index (χ1) is 20.4. The Hall–Kier alpha value is -4.50. The van der Waals surface area contributed by atoms with Crippen molar-refractivity contribution < 1.29 is 19.1 Å². The molecule has 4 aromatic rings. The van der Waals surface area contributed by atoms with Crippen LogP contribution in [0, 0.1) is 0 Å². The third-order valence-corrected chi connectivity index (χ3v) is 8.86. The van der Waals surface area contributed by atoms with Crippen molar-refractivity contribution in [3.8, 4) is 5.75 Å². The lowest BCUT2D eigenvalue weighted by Gasteiger charge is -2.27. The third kappa shape index (κ3) is 4.27. The van der Waals surface area contributed by atoms with Crippen molar-refractivity contribution in [3.63, 3.8) is 0 Å². The number of benzene rings is 3. The molecule has 3 heterocycles. The number of amides is 1. The van der Waals surface area contributed by atoms with Crippen LogP contribution in [0.15, 0.2) is 81.7 Å². The van der Waals surface area contributed by atoms with Gasteiger partial charge in [-0.25, -0.2) is 9.79 Å². The highest BCUT2D eigenvalue weighted by atomic mass is 32.1. The van der Waals surface area contributed by atoms with Crippen LogP contribution in [0.25, 0.3) is 16.3 Å². The van der Waals surface area contributed by atoms with Crippen LogP contribution >= 0.6 is 11.3 Å². The zero-order chi connectivity index (χ0) is 29.5. The van der Waals surface area contributed by atoms with Crippen molar-refractivity contribution in [1.82, 2.24) is 4.57 Å². The van der Waals surface area contributed by atoms with Crippen LogP contribution in [-0.2, 0) is 14.3 Å². The lowest BCUT2D eigenvalue weighted by atomic mass is 9.90.